The van der Waals surface area contributed by atoms with Crippen LogP contribution in [0.3, 0.4) is 0 Å². The summed E-state index contributed by atoms with van der Waals surface area (Å²) in [6.45, 7) is 4.83. The first-order valence-electron chi connectivity index (χ1n) is 18.8. The molecule has 246 valence electrons. The Morgan fingerprint density at radius 3 is 1.68 bits per heavy atom. The normalized spacial score (nSPS) is 13.6. The minimum Gasteiger partial charge on any atom is -0.0616 e. The van der Waals surface area contributed by atoms with Crippen molar-refractivity contribution in [2.45, 2.75) is 19.3 Å². The third-order valence-corrected chi connectivity index (χ3v) is 12.6. The Morgan fingerprint density at radius 2 is 0.868 bits per heavy atom. The van der Waals surface area contributed by atoms with Gasteiger partial charge in [-0.1, -0.05) is 166 Å². The van der Waals surface area contributed by atoms with Crippen LogP contribution in [0.5, 0.6) is 0 Å². The summed E-state index contributed by atoms with van der Waals surface area (Å²) in [5.41, 5.74) is 15.9. The molecule has 0 heteroatoms. The Labute approximate surface area is 308 Å². The highest BCUT2D eigenvalue weighted by Gasteiger charge is 2.37. The van der Waals surface area contributed by atoms with Gasteiger partial charge < -0.3 is 0 Å². The molecule has 0 saturated heterocycles. The van der Waals surface area contributed by atoms with E-state index in [0.717, 1.165) is 0 Å². The fraction of sp³-hybridized carbons (Fsp3) is 0.0566. The first kappa shape index (κ1) is 29.1. The van der Waals surface area contributed by atoms with Gasteiger partial charge in [0.25, 0.3) is 0 Å². The lowest BCUT2D eigenvalue weighted by Crippen LogP contribution is -2.15. The molecule has 12 rings (SSSR count). The van der Waals surface area contributed by atoms with Gasteiger partial charge in [-0.15, -0.1) is 0 Å². The summed E-state index contributed by atoms with van der Waals surface area (Å²) >= 11 is 0. The van der Waals surface area contributed by atoms with E-state index in [4.69, 9.17) is 0 Å². The van der Waals surface area contributed by atoms with Crippen LogP contribution in [0.25, 0.3) is 109 Å². The van der Waals surface area contributed by atoms with Crippen molar-refractivity contribution in [3.05, 3.63) is 181 Å². The molecule has 2 aliphatic carbocycles. The van der Waals surface area contributed by atoms with E-state index in [1.807, 2.05) is 0 Å². The molecule has 0 aromatic heterocycles. The largest absolute Gasteiger partial charge is 0.0616 e. The number of benzene rings is 10. The molecule has 0 heterocycles. The maximum atomic E-state index is 2.51. The van der Waals surface area contributed by atoms with E-state index in [-0.39, 0.29) is 5.41 Å². The topological polar surface area (TPSA) is 0 Å². The summed E-state index contributed by atoms with van der Waals surface area (Å²) in [5.74, 6) is 0. The highest BCUT2D eigenvalue weighted by atomic mass is 14.4. The fourth-order valence-electron chi connectivity index (χ4n) is 10.1. The molecule has 2 aliphatic rings. The number of fused-ring (bicyclic) bond motifs is 13. The van der Waals surface area contributed by atoms with E-state index < -0.39 is 0 Å². The molecule has 0 atom stereocenters. The van der Waals surface area contributed by atoms with Crippen molar-refractivity contribution in [3.63, 3.8) is 0 Å². The average molecular weight is 671 g/mol. The fourth-order valence-corrected chi connectivity index (χ4v) is 10.1. The van der Waals surface area contributed by atoms with E-state index in [0.29, 0.717) is 0 Å². The van der Waals surface area contributed by atoms with Crippen LogP contribution in [0.2, 0.25) is 0 Å². The van der Waals surface area contributed by atoms with Gasteiger partial charge in [-0.2, -0.15) is 0 Å². The van der Waals surface area contributed by atoms with Crippen LogP contribution in [-0.4, -0.2) is 0 Å². The lowest BCUT2D eigenvalue weighted by Gasteiger charge is -2.23. The summed E-state index contributed by atoms with van der Waals surface area (Å²) < 4.78 is 0. The van der Waals surface area contributed by atoms with Gasteiger partial charge in [-0.3, -0.25) is 0 Å². The van der Waals surface area contributed by atoms with Crippen molar-refractivity contribution in [2.24, 2.45) is 0 Å². The quantitative estimate of drug-likeness (QED) is 0.161. The van der Waals surface area contributed by atoms with E-state index in [1.54, 1.807) is 0 Å². The van der Waals surface area contributed by atoms with Gasteiger partial charge in [-0.25, -0.2) is 0 Å². The van der Waals surface area contributed by atoms with Gasteiger partial charge in [0.05, 0.1) is 0 Å². The summed E-state index contributed by atoms with van der Waals surface area (Å²) in [5, 5.41) is 13.2. The Kier molecular flexibility index (Phi) is 5.66. The summed E-state index contributed by atoms with van der Waals surface area (Å²) in [7, 11) is 0. The Hall–Kier alpha value is -6.50. The van der Waals surface area contributed by atoms with E-state index in [2.05, 4.69) is 184 Å². The van der Waals surface area contributed by atoms with E-state index in [9.17, 15) is 0 Å². The van der Waals surface area contributed by atoms with Gasteiger partial charge in [0.1, 0.15) is 0 Å². The monoisotopic (exact) mass is 670 g/mol. The molecular weight excluding hydrogens is 637 g/mol. The molecule has 0 fully saturated rings. The van der Waals surface area contributed by atoms with Crippen LogP contribution in [0, 0.1) is 0 Å². The Morgan fingerprint density at radius 1 is 0.302 bits per heavy atom. The summed E-state index contributed by atoms with van der Waals surface area (Å²) in [4.78, 5) is 0. The molecule has 0 nitrogen and oxygen atoms in total. The average Bonchev–Trinajstić information content (AvgIpc) is 3.66. The maximum absolute atomic E-state index is 2.51. The molecule has 0 radical (unpaired) electrons. The van der Waals surface area contributed by atoms with Crippen molar-refractivity contribution in [1.82, 2.24) is 0 Å². The van der Waals surface area contributed by atoms with Crippen LogP contribution in [0.4, 0.5) is 0 Å². The highest BCUT2D eigenvalue weighted by Crippen LogP contribution is 2.56. The van der Waals surface area contributed by atoms with Crippen molar-refractivity contribution in [2.75, 3.05) is 0 Å². The first-order valence-corrected chi connectivity index (χ1v) is 18.8. The lowest BCUT2D eigenvalue weighted by atomic mass is 9.79. The second-order valence-electron chi connectivity index (χ2n) is 15.6. The van der Waals surface area contributed by atoms with Crippen molar-refractivity contribution in [3.8, 4) is 55.6 Å². The van der Waals surface area contributed by atoms with Gasteiger partial charge in [0.2, 0.25) is 0 Å². The van der Waals surface area contributed by atoms with E-state index >= 15 is 0 Å². The highest BCUT2D eigenvalue weighted by molar-refractivity contribution is 6.29. The molecule has 0 amide bonds. The zero-order valence-corrected chi connectivity index (χ0v) is 29.7. The maximum Gasteiger partial charge on any atom is 0.0159 e. The molecule has 10 aromatic rings. The number of hydrogen-bond donors (Lipinski definition) is 0. The molecule has 0 aliphatic heterocycles. The lowest BCUT2D eigenvalue weighted by molar-refractivity contribution is 0.661. The van der Waals surface area contributed by atoms with Crippen LogP contribution in [0.15, 0.2) is 170 Å². The molecule has 0 unspecified atom stereocenters. The Balaban J connectivity index is 1.06. The van der Waals surface area contributed by atoms with Gasteiger partial charge >= 0.3 is 0 Å². The molecule has 0 spiro atoms. The molecule has 10 aromatic carbocycles. The third kappa shape index (κ3) is 3.80. The standard InChI is InChI=1S/C53H34/c1-53(2)47-29-32(46-28-33-23-22-31-12-3-4-13-35(31)49(33)41-17-8-7-16-38(41)46)24-26-39(47)40-27-25-34(30-48(40)53)50-42-18-9-5-14-36(42)43-20-11-21-44-37-15-6-10-19-45(37)52(50)51(43)44/h3-30H,1-2H3. The van der Waals surface area contributed by atoms with Crippen molar-refractivity contribution >= 4 is 53.9 Å². The zero-order chi connectivity index (χ0) is 35.0. The minimum atomic E-state index is -0.171. The van der Waals surface area contributed by atoms with Crippen LogP contribution in [-0.2, 0) is 5.41 Å². The Bertz CT molecular complexity index is 3250. The number of hydrogen-bond acceptors (Lipinski definition) is 0. The third-order valence-electron chi connectivity index (χ3n) is 12.6. The SMILES string of the molecule is CC1(C)c2cc(-c3c4c5c(cccc5c5ccccc35)-c3ccccc3-4)ccc2-c2ccc(-c3cc4ccc5ccccc5c4c4ccccc34)cc21. The second kappa shape index (κ2) is 10.3. The van der Waals surface area contributed by atoms with Crippen LogP contribution >= 0.6 is 0 Å². The summed E-state index contributed by atoms with van der Waals surface area (Å²) in [6.07, 6.45) is 0. The molecule has 0 N–H and O–H groups in total. The van der Waals surface area contributed by atoms with Crippen molar-refractivity contribution in [1.29, 1.82) is 0 Å². The van der Waals surface area contributed by atoms with Crippen molar-refractivity contribution < 1.29 is 0 Å². The second-order valence-corrected chi connectivity index (χ2v) is 15.6. The number of rotatable bonds is 2. The molecule has 0 saturated carbocycles. The van der Waals surface area contributed by atoms with Gasteiger partial charge in [-0.05, 0) is 139 Å². The first-order chi connectivity index (χ1) is 26.1. The van der Waals surface area contributed by atoms with Gasteiger partial charge in [0.15, 0.2) is 0 Å². The van der Waals surface area contributed by atoms with Crippen LogP contribution in [0.1, 0.15) is 25.0 Å². The predicted octanol–water partition coefficient (Wildman–Crippen LogP) is 14.7. The molecule has 53 heavy (non-hydrogen) atoms. The molecular formula is C53H34. The smallest absolute Gasteiger partial charge is 0.0159 e. The van der Waals surface area contributed by atoms with Crippen LogP contribution < -0.4 is 0 Å². The minimum absolute atomic E-state index is 0.171. The molecule has 0 bridgehead atoms. The predicted molar refractivity (Wildman–Crippen MR) is 227 cm³/mol. The zero-order valence-electron chi connectivity index (χ0n) is 29.7. The summed E-state index contributed by atoms with van der Waals surface area (Å²) in [6, 6.07) is 64.0. The van der Waals surface area contributed by atoms with E-state index in [1.165, 1.54) is 121 Å². The van der Waals surface area contributed by atoms with Gasteiger partial charge in [0, 0.05) is 5.41 Å².